The molecule has 1 aliphatic rings. The first-order valence-electron chi connectivity index (χ1n) is 7.49. The molecule has 0 bridgehead atoms. The van der Waals surface area contributed by atoms with Crippen molar-refractivity contribution in [2.24, 2.45) is 0 Å². The molecule has 1 aromatic carbocycles. The van der Waals surface area contributed by atoms with Gasteiger partial charge >= 0.3 is 6.09 Å². The number of amides is 1. The Kier molecular flexibility index (Phi) is 4.57. The van der Waals surface area contributed by atoms with E-state index in [0.717, 1.165) is 6.42 Å². The molecular weight excluding hydrogens is 266 g/mol. The van der Waals surface area contributed by atoms with Crippen LogP contribution in [-0.4, -0.2) is 40.9 Å². The van der Waals surface area contributed by atoms with Gasteiger partial charge < -0.3 is 14.7 Å². The Morgan fingerprint density at radius 1 is 1.33 bits per heavy atom. The topological polar surface area (TPSA) is 49.8 Å². The Hall–Kier alpha value is -1.55. The lowest BCUT2D eigenvalue weighted by molar-refractivity contribution is -0.00156. The van der Waals surface area contributed by atoms with Crippen molar-refractivity contribution in [2.45, 2.75) is 51.7 Å². The Bertz CT molecular complexity index is 507. The smallest absolute Gasteiger partial charge is 0.410 e. The summed E-state index contributed by atoms with van der Waals surface area (Å²) in [5.41, 5.74) is 1.86. The quantitative estimate of drug-likeness (QED) is 0.865. The molecule has 1 heterocycles. The average Bonchev–Trinajstić information content (AvgIpc) is 2.38. The fourth-order valence-electron chi connectivity index (χ4n) is 2.79. The van der Waals surface area contributed by atoms with Crippen LogP contribution in [-0.2, 0) is 4.74 Å². The second-order valence-electron chi connectivity index (χ2n) is 6.75. The standard InChI is InChI=1S/C17H25NO3/c1-12-7-5-6-8-13(12)14-9-10-18(11-15(14)19)16(20)21-17(2,3)4/h5-8,14-15,19H,9-11H2,1-4H3/t14-,15+/m1/s1. The largest absolute Gasteiger partial charge is 0.444 e. The van der Waals surface area contributed by atoms with E-state index in [1.807, 2.05) is 32.9 Å². The predicted molar refractivity (Wildman–Crippen MR) is 82.4 cm³/mol. The summed E-state index contributed by atoms with van der Waals surface area (Å²) < 4.78 is 5.37. The van der Waals surface area contributed by atoms with Crippen LogP contribution in [0.15, 0.2) is 24.3 Å². The fraction of sp³-hybridized carbons (Fsp3) is 0.588. The number of rotatable bonds is 1. The molecule has 4 nitrogen and oxygen atoms in total. The van der Waals surface area contributed by atoms with Crippen LogP contribution in [0, 0.1) is 6.92 Å². The number of carbonyl (C=O) groups excluding carboxylic acids is 1. The van der Waals surface area contributed by atoms with Crippen LogP contribution in [0.4, 0.5) is 4.79 Å². The minimum Gasteiger partial charge on any atom is -0.444 e. The van der Waals surface area contributed by atoms with E-state index in [2.05, 4.69) is 19.1 Å². The molecule has 1 aromatic rings. The summed E-state index contributed by atoms with van der Waals surface area (Å²) in [7, 11) is 0. The summed E-state index contributed by atoms with van der Waals surface area (Å²) >= 11 is 0. The van der Waals surface area contributed by atoms with Crippen LogP contribution in [0.25, 0.3) is 0 Å². The molecule has 1 saturated heterocycles. The summed E-state index contributed by atoms with van der Waals surface area (Å²) in [4.78, 5) is 13.7. The maximum atomic E-state index is 12.1. The van der Waals surface area contributed by atoms with Gasteiger partial charge in [0.25, 0.3) is 0 Å². The molecule has 0 radical (unpaired) electrons. The van der Waals surface area contributed by atoms with Crippen molar-refractivity contribution in [3.05, 3.63) is 35.4 Å². The molecule has 116 valence electrons. The maximum absolute atomic E-state index is 12.1. The minimum atomic E-state index is -0.549. The van der Waals surface area contributed by atoms with Gasteiger partial charge in [0.05, 0.1) is 12.6 Å². The highest BCUT2D eigenvalue weighted by atomic mass is 16.6. The number of nitrogens with zero attached hydrogens (tertiary/aromatic N) is 1. The van der Waals surface area contributed by atoms with E-state index in [9.17, 15) is 9.90 Å². The van der Waals surface area contributed by atoms with E-state index in [0.29, 0.717) is 13.1 Å². The van der Waals surface area contributed by atoms with Gasteiger partial charge in [0.15, 0.2) is 0 Å². The summed E-state index contributed by atoms with van der Waals surface area (Å²) in [6.45, 7) is 8.55. The van der Waals surface area contributed by atoms with Gasteiger partial charge in [-0.2, -0.15) is 0 Å². The lowest BCUT2D eigenvalue weighted by atomic mass is 9.85. The number of piperidine rings is 1. The van der Waals surface area contributed by atoms with Crippen molar-refractivity contribution in [3.8, 4) is 0 Å². The molecule has 1 aliphatic heterocycles. The van der Waals surface area contributed by atoms with E-state index in [-0.39, 0.29) is 12.0 Å². The number of ether oxygens (including phenoxy) is 1. The molecule has 0 saturated carbocycles. The minimum absolute atomic E-state index is 0.0879. The number of hydrogen-bond acceptors (Lipinski definition) is 3. The molecule has 4 heteroatoms. The Labute approximate surface area is 126 Å². The summed E-state index contributed by atoms with van der Waals surface area (Å²) in [6.07, 6.45) is -0.136. The van der Waals surface area contributed by atoms with Gasteiger partial charge in [-0.1, -0.05) is 24.3 Å². The lowest BCUT2D eigenvalue weighted by Crippen LogP contribution is -2.47. The second-order valence-corrected chi connectivity index (χ2v) is 6.75. The third-order valence-electron chi connectivity index (χ3n) is 3.82. The molecule has 0 unspecified atom stereocenters. The Morgan fingerprint density at radius 3 is 2.57 bits per heavy atom. The van der Waals surface area contributed by atoms with Crippen LogP contribution in [0.2, 0.25) is 0 Å². The van der Waals surface area contributed by atoms with E-state index in [1.165, 1.54) is 11.1 Å². The predicted octanol–water partition coefficient (Wildman–Crippen LogP) is 3.08. The maximum Gasteiger partial charge on any atom is 0.410 e. The zero-order valence-corrected chi connectivity index (χ0v) is 13.3. The Balaban J connectivity index is 2.03. The van der Waals surface area contributed by atoms with Crippen LogP contribution in [0.3, 0.4) is 0 Å². The number of hydrogen-bond donors (Lipinski definition) is 1. The van der Waals surface area contributed by atoms with Crippen molar-refractivity contribution in [3.63, 3.8) is 0 Å². The van der Waals surface area contributed by atoms with Crippen LogP contribution in [0.5, 0.6) is 0 Å². The summed E-state index contributed by atoms with van der Waals surface area (Å²) in [6, 6.07) is 8.12. The zero-order chi connectivity index (χ0) is 15.6. The monoisotopic (exact) mass is 291 g/mol. The van der Waals surface area contributed by atoms with Crippen molar-refractivity contribution < 1.29 is 14.6 Å². The first-order chi connectivity index (χ1) is 9.78. The van der Waals surface area contributed by atoms with Crippen molar-refractivity contribution in [1.82, 2.24) is 4.90 Å². The lowest BCUT2D eigenvalue weighted by Gasteiger charge is -2.37. The molecule has 0 spiro atoms. The van der Waals surface area contributed by atoms with Crippen LogP contribution in [0.1, 0.15) is 44.2 Å². The SMILES string of the molecule is Cc1ccccc1[C@H]1CCN(C(=O)OC(C)(C)C)C[C@@H]1O. The Morgan fingerprint density at radius 2 is 2.00 bits per heavy atom. The molecule has 0 aromatic heterocycles. The number of aliphatic hydroxyl groups excluding tert-OH is 1. The first kappa shape index (κ1) is 15.8. The van der Waals surface area contributed by atoms with Crippen molar-refractivity contribution in [1.29, 1.82) is 0 Å². The van der Waals surface area contributed by atoms with Gasteiger partial charge in [0.2, 0.25) is 0 Å². The normalized spacial score (nSPS) is 23.0. The van der Waals surface area contributed by atoms with E-state index < -0.39 is 11.7 Å². The van der Waals surface area contributed by atoms with Crippen molar-refractivity contribution in [2.75, 3.05) is 13.1 Å². The molecule has 21 heavy (non-hydrogen) atoms. The third-order valence-corrected chi connectivity index (χ3v) is 3.82. The van der Waals surface area contributed by atoms with Crippen LogP contribution >= 0.6 is 0 Å². The van der Waals surface area contributed by atoms with Gasteiger partial charge in [-0.05, 0) is 45.2 Å². The zero-order valence-electron chi connectivity index (χ0n) is 13.3. The van der Waals surface area contributed by atoms with Gasteiger partial charge in [-0.15, -0.1) is 0 Å². The van der Waals surface area contributed by atoms with Gasteiger partial charge in [0, 0.05) is 12.5 Å². The number of aliphatic hydroxyl groups is 1. The van der Waals surface area contributed by atoms with Gasteiger partial charge in [0.1, 0.15) is 5.60 Å². The number of β-amino-alcohol motifs (C(OH)–C–C–N with tert-alkyl or cyclic N) is 1. The van der Waals surface area contributed by atoms with E-state index >= 15 is 0 Å². The van der Waals surface area contributed by atoms with Gasteiger partial charge in [-0.25, -0.2) is 4.79 Å². The molecule has 2 rings (SSSR count). The highest BCUT2D eigenvalue weighted by Gasteiger charge is 2.33. The molecule has 2 atom stereocenters. The van der Waals surface area contributed by atoms with E-state index in [4.69, 9.17) is 4.74 Å². The average molecular weight is 291 g/mol. The summed E-state index contributed by atoms with van der Waals surface area (Å²) in [5.74, 6) is 0.0879. The second kappa shape index (κ2) is 6.06. The van der Waals surface area contributed by atoms with Gasteiger partial charge in [-0.3, -0.25) is 0 Å². The molecule has 1 N–H and O–H groups in total. The fourth-order valence-corrected chi connectivity index (χ4v) is 2.79. The number of benzene rings is 1. The van der Waals surface area contributed by atoms with E-state index in [1.54, 1.807) is 4.90 Å². The number of carbonyl (C=O) groups is 1. The number of likely N-dealkylation sites (tertiary alicyclic amines) is 1. The first-order valence-corrected chi connectivity index (χ1v) is 7.49. The van der Waals surface area contributed by atoms with Crippen molar-refractivity contribution >= 4 is 6.09 Å². The molecule has 1 fully saturated rings. The van der Waals surface area contributed by atoms with Crippen LogP contribution < -0.4 is 0 Å². The summed E-state index contributed by atoms with van der Waals surface area (Å²) in [5, 5.41) is 10.4. The third kappa shape index (κ3) is 3.97. The molecular formula is C17H25NO3. The highest BCUT2D eigenvalue weighted by Crippen LogP contribution is 2.31. The number of aryl methyl sites for hydroxylation is 1. The highest BCUT2D eigenvalue weighted by molar-refractivity contribution is 5.68. The molecule has 0 aliphatic carbocycles. The molecule has 1 amide bonds.